The number of methoxy groups -OCH3 is 1. The number of carbonyl (C=O) groups is 8. The number of nitrogens with two attached hydrogens (primary N) is 1. The Morgan fingerprint density at radius 3 is 2.28 bits per heavy atom. The highest BCUT2D eigenvalue weighted by Gasteiger charge is 2.65. The fourth-order valence-electron chi connectivity index (χ4n) is 8.34. The van der Waals surface area contributed by atoms with Gasteiger partial charge in [0.15, 0.2) is 23.4 Å². The number of Topliss-reactive ketones (excluding diaryl/α,β-unsaturated/α-hetero) is 1. The molecule has 2 aliphatic carbocycles. The predicted molar refractivity (Wildman–Crippen MR) is 200 cm³/mol. The summed E-state index contributed by atoms with van der Waals surface area (Å²) in [6, 6.07) is 0.981. The molecule has 19 heteroatoms. The molecule has 2 heterocycles. The average Bonchev–Trinajstić information content (AvgIpc) is 3.53. The van der Waals surface area contributed by atoms with E-state index in [1.54, 1.807) is 21.0 Å². The number of amides is 4. The van der Waals surface area contributed by atoms with Crippen molar-refractivity contribution >= 4 is 47.3 Å². The molecule has 314 valence electrons. The van der Waals surface area contributed by atoms with E-state index in [4.69, 9.17) is 25.4 Å². The van der Waals surface area contributed by atoms with Gasteiger partial charge in [0.1, 0.15) is 12.1 Å². The summed E-state index contributed by atoms with van der Waals surface area (Å²) in [6.07, 6.45) is 2.56. The molecule has 2 aliphatic heterocycles. The van der Waals surface area contributed by atoms with Crippen molar-refractivity contribution in [3.8, 4) is 11.5 Å². The number of hydrogen-bond donors (Lipinski definition) is 8. The number of benzene rings is 1. The molecule has 1 saturated carbocycles. The van der Waals surface area contributed by atoms with Gasteiger partial charge in [-0.2, -0.15) is 0 Å². The van der Waals surface area contributed by atoms with Gasteiger partial charge in [-0.1, -0.05) is 26.3 Å². The maximum absolute atomic E-state index is 12.6. The number of carbonyl (C=O) groups excluding carboxylic acids is 5. The number of likely N-dealkylation sites (N-methyl/N-ethyl adjacent to an activating group) is 1. The number of rotatable bonds is 18. The lowest BCUT2D eigenvalue weighted by molar-refractivity contribution is -0.143. The maximum Gasteiger partial charge on any atom is 0.326 e. The maximum atomic E-state index is 12.6. The van der Waals surface area contributed by atoms with E-state index in [9.17, 15) is 43.5 Å². The van der Waals surface area contributed by atoms with E-state index in [2.05, 4.69) is 39.3 Å². The standard InChI is InChI=1S/C20H33N5O10.C18H21NO3/c1-3-10(2)17(20(34)35)25-14(27)9-22-13(26)8-23-19(33)12(5-7-16(30)31)24-18(32)11(21)4-6-15(28)29;1-19-8-7-18-11-4-5-13(20)17(18)22-16-14(21-2)6-3-10(15(16)18)9-12(11)19/h10-12,17H,3-9,21H2,1-2H3,(H,22,26)(H,23,33)(H,24,32)(H,25,27)(H,28,29)(H,30,31)(H,34,35);3,6,11-12,17H,4-5,7-9H2,1-2H3/t10-,11-,12-,17-;11-,12+,17-,18-/m00/s1. The molecule has 2 bridgehead atoms. The average molecular weight is 803 g/mol. The molecule has 1 spiro atoms. The van der Waals surface area contributed by atoms with Crippen molar-refractivity contribution in [1.29, 1.82) is 0 Å². The second-order valence-electron chi connectivity index (χ2n) is 15.1. The van der Waals surface area contributed by atoms with E-state index in [1.807, 2.05) is 6.07 Å². The van der Waals surface area contributed by atoms with Crippen molar-refractivity contribution < 1.29 is 63.1 Å². The smallest absolute Gasteiger partial charge is 0.326 e. The number of aliphatic carboxylic acids is 3. The Kier molecular flexibility index (Phi) is 15.0. The number of ketones is 1. The Labute approximate surface area is 329 Å². The van der Waals surface area contributed by atoms with Crippen LogP contribution >= 0.6 is 0 Å². The molecule has 0 unspecified atom stereocenters. The van der Waals surface area contributed by atoms with Crippen molar-refractivity contribution in [2.45, 2.75) is 107 Å². The topological polar surface area (TPSA) is 293 Å². The number of ether oxygens (including phenoxy) is 2. The van der Waals surface area contributed by atoms with Gasteiger partial charge in [0.05, 0.1) is 26.2 Å². The molecule has 4 aliphatic rings. The molecule has 1 aromatic carbocycles. The molecular weight excluding hydrogens is 748 g/mol. The van der Waals surface area contributed by atoms with Gasteiger partial charge in [-0.05, 0) is 69.2 Å². The van der Waals surface area contributed by atoms with E-state index in [0.717, 1.165) is 37.3 Å². The summed E-state index contributed by atoms with van der Waals surface area (Å²) in [5.74, 6) is -4.84. The molecule has 4 amide bonds. The van der Waals surface area contributed by atoms with Crippen molar-refractivity contribution in [2.75, 3.05) is 33.8 Å². The minimum atomic E-state index is -1.36. The molecule has 2 fully saturated rings. The summed E-state index contributed by atoms with van der Waals surface area (Å²) in [7, 11) is 3.91. The first-order valence-corrected chi connectivity index (χ1v) is 19.1. The molecule has 57 heavy (non-hydrogen) atoms. The van der Waals surface area contributed by atoms with Crippen molar-refractivity contribution in [1.82, 2.24) is 26.2 Å². The zero-order chi connectivity index (χ0) is 42.2. The zero-order valence-electron chi connectivity index (χ0n) is 32.6. The molecule has 1 saturated heterocycles. The Balaban J connectivity index is 0.000000275. The number of nitrogens with one attached hydrogen (secondary N) is 4. The Bertz CT molecular complexity index is 1740. The van der Waals surface area contributed by atoms with Crippen LogP contribution in [0.3, 0.4) is 0 Å². The molecule has 0 aromatic heterocycles. The second kappa shape index (κ2) is 19.2. The lowest BCUT2D eigenvalue weighted by Gasteiger charge is -2.57. The molecule has 9 N–H and O–H groups in total. The highest BCUT2D eigenvalue weighted by Crippen LogP contribution is 2.63. The van der Waals surface area contributed by atoms with Gasteiger partial charge < -0.3 is 56.7 Å². The Hall–Kier alpha value is -5.30. The third-order valence-electron chi connectivity index (χ3n) is 11.5. The van der Waals surface area contributed by atoms with Crippen LogP contribution in [0.15, 0.2) is 12.1 Å². The number of piperidine rings is 1. The highest BCUT2D eigenvalue weighted by molar-refractivity contribution is 5.93. The summed E-state index contributed by atoms with van der Waals surface area (Å²) in [4.78, 5) is 96.2. The van der Waals surface area contributed by atoms with Gasteiger partial charge in [0.2, 0.25) is 23.6 Å². The van der Waals surface area contributed by atoms with Crippen molar-refractivity contribution in [2.24, 2.45) is 17.6 Å². The predicted octanol–water partition coefficient (Wildman–Crippen LogP) is -0.691. The van der Waals surface area contributed by atoms with Gasteiger partial charge in [-0.15, -0.1) is 0 Å². The van der Waals surface area contributed by atoms with Crippen LogP contribution in [-0.4, -0.2) is 132 Å². The van der Waals surface area contributed by atoms with E-state index in [0.29, 0.717) is 24.8 Å². The zero-order valence-corrected chi connectivity index (χ0v) is 32.6. The van der Waals surface area contributed by atoms with Crippen molar-refractivity contribution in [3.63, 3.8) is 0 Å². The fraction of sp³-hybridized carbons (Fsp3) is 0.632. The van der Waals surface area contributed by atoms with Crippen LogP contribution in [0.25, 0.3) is 0 Å². The highest BCUT2D eigenvalue weighted by atomic mass is 16.5. The van der Waals surface area contributed by atoms with Gasteiger partial charge in [-0.25, -0.2) is 4.79 Å². The second-order valence-corrected chi connectivity index (χ2v) is 15.1. The summed E-state index contributed by atoms with van der Waals surface area (Å²) in [5.41, 5.74) is 8.15. The summed E-state index contributed by atoms with van der Waals surface area (Å²) in [6.45, 7) is 3.28. The van der Waals surface area contributed by atoms with Crippen LogP contribution in [-0.2, 0) is 50.2 Å². The number of likely N-dealkylation sites (tertiary alicyclic amines) is 1. The van der Waals surface area contributed by atoms with Crippen molar-refractivity contribution in [3.05, 3.63) is 23.3 Å². The van der Waals surface area contributed by atoms with Crippen LogP contribution in [0.1, 0.15) is 76.3 Å². The van der Waals surface area contributed by atoms with Crippen LogP contribution in [0, 0.1) is 11.8 Å². The third-order valence-corrected chi connectivity index (χ3v) is 11.5. The minimum Gasteiger partial charge on any atom is -0.493 e. The first-order valence-electron chi connectivity index (χ1n) is 19.1. The molecule has 1 aromatic rings. The van der Waals surface area contributed by atoms with Crippen LogP contribution in [0.4, 0.5) is 0 Å². The number of nitrogens with zero attached hydrogens (tertiary/aromatic N) is 1. The first kappa shape index (κ1) is 44.4. The van der Waals surface area contributed by atoms with Gasteiger partial charge in [0.25, 0.3) is 0 Å². The summed E-state index contributed by atoms with van der Waals surface area (Å²) < 4.78 is 11.8. The molecular formula is C38H54N6O13. The van der Waals surface area contributed by atoms with E-state index < -0.39 is 79.2 Å². The number of carboxylic acid groups (broad SMARTS) is 3. The molecule has 0 radical (unpaired) electrons. The van der Waals surface area contributed by atoms with Crippen LogP contribution in [0.5, 0.6) is 11.5 Å². The summed E-state index contributed by atoms with van der Waals surface area (Å²) in [5, 5.41) is 35.6. The van der Waals surface area contributed by atoms with E-state index >= 15 is 0 Å². The lowest BCUT2D eigenvalue weighted by atomic mass is 9.52. The Morgan fingerprint density at radius 1 is 0.982 bits per heavy atom. The SMILES string of the molecule is CC[C@H](C)[C@H](NC(=O)CNC(=O)CNC(=O)[C@H](CCC(=O)O)NC(=O)[C@@H](N)CCC(=O)O)C(=O)O.COc1ccc2c3c1O[C@H]1C(=O)CC[C@H]4[C@@H](C2)N(C)CC[C@]314. The normalized spacial score (nSPS) is 23.4. The molecule has 8 atom stereocenters. The number of carboxylic acids is 3. The van der Waals surface area contributed by atoms with E-state index in [1.165, 1.54) is 11.1 Å². The van der Waals surface area contributed by atoms with Gasteiger partial charge >= 0.3 is 17.9 Å². The quantitative estimate of drug-likeness (QED) is 0.0912. The Morgan fingerprint density at radius 2 is 1.65 bits per heavy atom. The molecule has 19 nitrogen and oxygen atoms in total. The van der Waals surface area contributed by atoms with Crippen LogP contribution < -0.4 is 36.5 Å². The minimum absolute atomic E-state index is 0.0933. The third kappa shape index (κ3) is 10.2. The van der Waals surface area contributed by atoms with Gasteiger partial charge in [-0.3, -0.25) is 33.6 Å². The lowest BCUT2D eigenvalue weighted by Crippen LogP contribution is -2.65. The molecule has 5 rings (SSSR count). The monoisotopic (exact) mass is 802 g/mol. The first-order chi connectivity index (χ1) is 26.9. The largest absolute Gasteiger partial charge is 0.493 e. The number of hydrogen-bond acceptors (Lipinski definition) is 12. The van der Waals surface area contributed by atoms with E-state index in [-0.39, 0.29) is 42.5 Å². The van der Waals surface area contributed by atoms with Crippen LogP contribution in [0.2, 0.25) is 0 Å². The van der Waals surface area contributed by atoms with Gasteiger partial charge in [0, 0.05) is 36.3 Å². The fourth-order valence-corrected chi connectivity index (χ4v) is 8.34. The summed E-state index contributed by atoms with van der Waals surface area (Å²) >= 11 is 0.